The average Bonchev–Trinajstić information content (AvgIpc) is 2.18. The lowest BCUT2D eigenvalue weighted by Crippen LogP contribution is -2.45. The molecule has 3 nitrogen and oxygen atoms in total. The molecule has 1 heterocycles. The second-order valence-corrected chi connectivity index (χ2v) is 6.55. The zero-order chi connectivity index (χ0) is 13.1. The highest BCUT2D eigenvalue weighted by Gasteiger charge is 2.25. The van der Waals surface area contributed by atoms with Crippen LogP contribution in [0.2, 0.25) is 0 Å². The maximum absolute atomic E-state index is 9.98. The third-order valence-electron chi connectivity index (χ3n) is 3.43. The van der Waals surface area contributed by atoms with Crippen LogP contribution < -0.4 is 0 Å². The van der Waals surface area contributed by atoms with Gasteiger partial charge in [0.25, 0.3) is 0 Å². The molecule has 3 atom stereocenters. The van der Waals surface area contributed by atoms with Gasteiger partial charge in [-0.05, 0) is 53.0 Å². The molecule has 0 saturated carbocycles. The van der Waals surface area contributed by atoms with Gasteiger partial charge in [0.1, 0.15) is 0 Å². The summed E-state index contributed by atoms with van der Waals surface area (Å²) in [5.74, 6) is 0.823. The largest absolute Gasteiger partial charge is 0.389 e. The lowest BCUT2D eigenvalue weighted by molar-refractivity contribution is -0.0612. The summed E-state index contributed by atoms with van der Waals surface area (Å²) in [7, 11) is 0. The van der Waals surface area contributed by atoms with Gasteiger partial charge in [0.2, 0.25) is 0 Å². The van der Waals surface area contributed by atoms with Gasteiger partial charge in [0, 0.05) is 12.6 Å². The van der Waals surface area contributed by atoms with E-state index in [1.54, 1.807) is 0 Å². The Hall–Kier alpha value is -0.120. The van der Waals surface area contributed by atoms with E-state index in [4.69, 9.17) is 4.74 Å². The molecular weight excluding hydrogens is 214 g/mol. The fourth-order valence-electron chi connectivity index (χ4n) is 2.40. The fourth-order valence-corrected chi connectivity index (χ4v) is 2.40. The van der Waals surface area contributed by atoms with Gasteiger partial charge in [-0.15, -0.1) is 0 Å². The number of aliphatic hydroxyl groups excluding tert-OH is 1. The van der Waals surface area contributed by atoms with Crippen LogP contribution in [-0.2, 0) is 4.74 Å². The quantitative estimate of drug-likeness (QED) is 0.822. The molecule has 0 amide bonds. The Morgan fingerprint density at radius 2 is 2.00 bits per heavy atom. The zero-order valence-corrected chi connectivity index (χ0v) is 12.1. The molecule has 1 aliphatic rings. The standard InChI is InChI=1S/C14H29NO2/c1-11-6-7-15(12(2)8-11)9-13(16)10-17-14(3,4)5/h11-13,16H,6-10H2,1-5H3/t11-,12-,13-/m0/s1. The molecule has 0 aromatic rings. The number of aliphatic hydroxyl groups is 1. The molecule has 0 unspecified atom stereocenters. The molecule has 0 aliphatic carbocycles. The molecule has 17 heavy (non-hydrogen) atoms. The first kappa shape index (κ1) is 14.9. The second-order valence-electron chi connectivity index (χ2n) is 6.55. The predicted octanol–water partition coefficient (Wildman–Crippen LogP) is 2.28. The summed E-state index contributed by atoms with van der Waals surface area (Å²) in [5.41, 5.74) is -0.164. The molecule has 102 valence electrons. The van der Waals surface area contributed by atoms with Gasteiger partial charge in [0.15, 0.2) is 0 Å². The van der Waals surface area contributed by atoms with Crippen molar-refractivity contribution >= 4 is 0 Å². The first-order chi connectivity index (χ1) is 7.78. The summed E-state index contributed by atoms with van der Waals surface area (Å²) < 4.78 is 5.61. The van der Waals surface area contributed by atoms with Crippen molar-refractivity contribution in [3.8, 4) is 0 Å². The van der Waals surface area contributed by atoms with Crippen LogP contribution in [0.25, 0.3) is 0 Å². The molecular formula is C14H29NO2. The molecule has 1 saturated heterocycles. The van der Waals surface area contributed by atoms with E-state index in [-0.39, 0.29) is 11.7 Å². The van der Waals surface area contributed by atoms with Crippen molar-refractivity contribution in [2.75, 3.05) is 19.7 Å². The van der Waals surface area contributed by atoms with Crippen LogP contribution in [0.15, 0.2) is 0 Å². The highest BCUT2D eigenvalue weighted by atomic mass is 16.5. The minimum Gasteiger partial charge on any atom is -0.389 e. The fraction of sp³-hybridized carbons (Fsp3) is 1.00. The number of piperidine rings is 1. The Morgan fingerprint density at radius 1 is 1.35 bits per heavy atom. The Morgan fingerprint density at radius 3 is 2.53 bits per heavy atom. The normalized spacial score (nSPS) is 29.3. The van der Waals surface area contributed by atoms with E-state index in [0.29, 0.717) is 12.6 Å². The van der Waals surface area contributed by atoms with Crippen molar-refractivity contribution in [1.29, 1.82) is 0 Å². The summed E-state index contributed by atoms with van der Waals surface area (Å²) in [6, 6.07) is 0.586. The van der Waals surface area contributed by atoms with Crippen molar-refractivity contribution in [2.45, 2.75) is 65.2 Å². The highest BCUT2D eigenvalue weighted by Crippen LogP contribution is 2.22. The zero-order valence-electron chi connectivity index (χ0n) is 12.1. The topological polar surface area (TPSA) is 32.7 Å². The lowest BCUT2D eigenvalue weighted by atomic mass is 9.93. The van der Waals surface area contributed by atoms with E-state index >= 15 is 0 Å². The Kier molecular flexibility index (Phi) is 5.42. The van der Waals surface area contributed by atoms with Gasteiger partial charge in [-0.3, -0.25) is 4.90 Å². The summed E-state index contributed by atoms with van der Waals surface area (Å²) in [5, 5.41) is 9.98. The minimum absolute atomic E-state index is 0.164. The smallest absolute Gasteiger partial charge is 0.0900 e. The van der Waals surface area contributed by atoms with Crippen LogP contribution in [0.5, 0.6) is 0 Å². The van der Waals surface area contributed by atoms with E-state index in [0.717, 1.165) is 19.0 Å². The Labute approximate surface area is 106 Å². The van der Waals surface area contributed by atoms with Crippen molar-refractivity contribution in [1.82, 2.24) is 4.90 Å². The SMILES string of the molecule is C[C@H]1CCN(C[C@H](O)COC(C)(C)C)[C@@H](C)C1. The molecule has 0 aromatic heterocycles. The molecule has 3 heteroatoms. The van der Waals surface area contributed by atoms with Gasteiger partial charge in [0.05, 0.1) is 18.3 Å². The third kappa shape index (κ3) is 5.84. The highest BCUT2D eigenvalue weighted by molar-refractivity contribution is 4.78. The van der Waals surface area contributed by atoms with Crippen LogP contribution >= 0.6 is 0 Å². The molecule has 0 spiro atoms. The monoisotopic (exact) mass is 243 g/mol. The van der Waals surface area contributed by atoms with Crippen LogP contribution in [0, 0.1) is 5.92 Å². The van der Waals surface area contributed by atoms with Crippen LogP contribution in [-0.4, -0.2) is 47.4 Å². The predicted molar refractivity (Wildman–Crippen MR) is 71.1 cm³/mol. The summed E-state index contributed by atoms with van der Waals surface area (Å²) in [6.07, 6.45) is 2.12. The number of hydrogen-bond donors (Lipinski definition) is 1. The summed E-state index contributed by atoms with van der Waals surface area (Å²) in [4.78, 5) is 2.39. The number of β-amino-alcohol motifs (C(OH)–C–C–N with tert-alkyl or cyclic N) is 1. The van der Waals surface area contributed by atoms with Crippen molar-refractivity contribution in [3.05, 3.63) is 0 Å². The van der Waals surface area contributed by atoms with Crippen LogP contribution in [0.3, 0.4) is 0 Å². The van der Waals surface area contributed by atoms with Gasteiger partial charge >= 0.3 is 0 Å². The Balaban J connectivity index is 2.28. The molecule has 0 radical (unpaired) electrons. The van der Waals surface area contributed by atoms with Gasteiger partial charge < -0.3 is 9.84 Å². The van der Waals surface area contributed by atoms with Gasteiger partial charge in [-0.1, -0.05) is 6.92 Å². The number of ether oxygens (including phenoxy) is 1. The van der Waals surface area contributed by atoms with E-state index in [2.05, 4.69) is 18.7 Å². The number of nitrogens with zero attached hydrogens (tertiary/aromatic N) is 1. The van der Waals surface area contributed by atoms with Crippen LogP contribution in [0.1, 0.15) is 47.5 Å². The van der Waals surface area contributed by atoms with Gasteiger partial charge in [-0.2, -0.15) is 0 Å². The van der Waals surface area contributed by atoms with Gasteiger partial charge in [-0.25, -0.2) is 0 Å². The molecule has 1 rings (SSSR count). The van der Waals surface area contributed by atoms with Crippen molar-refractivity contribution in [2.24, 2.45) is 5.92 Å². The van der Waals surface area contributed by atoms with E-state index < -0.39 is 0 Å². The summed E-state index contributed by atoms with van der Waals surface area (Å²) in [6.45, 7) is 12.9. The first-order valence-electron chi connectivity index (χ1n) is 6.84. The van der Waals surface area contributed by atoms with E-state index in [9.17, 15) is 5.11 Å². The maximum Gasteiger partial charge on any atom is 0.0900 e. The number of likely N-dealkylation sites (tertiary alicyclic amines) is 1. The molecule has 1 N–H and O–H groups in total. The molecule has 1 fully saturated rings. The van der Waals surface area contributed by atoms with Crippen molar-refractivity contribution < 1.29 is 9.84 Å². The molecule has 0 aromatic carbocycles. The van der Waals surface area contributed by atoms with E-state index in [1.807, 2.05) is 20.8 Å². The number of hydrogen-bond acceptors (Lipinski definition) is 3. The Bertz CT molecular complexity index is 225. The molecule has 0 bridgehead atoms. The first-order valence-corrected chi connectivity index (χ1v) is 6.84. The number of rotatable bonds is 4. The molecule has 1 aliphatic heterocycles. The van der Waals surface area contributed by atoms with Crippen molar-refractivity contribution in [3.63, 3.8) is 0 Å². The minimum atomic E-state index is -0.370. The average molecular weight is 243 g/mol. The maximum atomic E-state index is 9.98. The second kappa shape index (κ2) is 6.17. The summed E-state index contributed by atoms with van der Waals surface area (Å²) >= 11 is 0. The van der Waals surface area contributed by atoms with Crippen LogP contribution in [0.4, 0.5) is 0 Å². The lowest BCUT2D eigenvalue weighted by Gasteiger charge is -2.37. The third-order valence-corrected chi connectivity index (χ3v) is 3.43. The van der Waals surface area contributed by atoms with E-state index in [1.165, 1.54) is 12.8 Å².